The highest BCUT2D eigenvalue weighted by Crippen LogP contribution is 2.29. The van der Waals surface area contributed by atoms with Gasteiger partial charge in [0.05, 0.1) is 32.6 Å². The first-order chi connectivity index (χ1) is 13.9. The molecule has 0 bridgehead atoms. The standard InChI is InChI=1S/C20H21N3O5S/c1-11(12-7-5-4-6-8-12)21-10-14-22-18(25)16-13(9-15(24)27-2)17(20(26)28-3)29-19(16)23-14/h4-8,11,21H,9-10H2,1-3H3,(H,22,23,25)/t11-/m0/s1. The molecular formula is C20H21N3O5S. The molecule has 0 amide bonds. The summed E-state index contributed by atoms with van der Waals surface area (Å²) in [6.45, 7) is 2.35. The molecule has 1 aromatic carbocycles. The average Bonchev–Trinajstić information content (AvgIpc) is 3.10. The van der Waals surface area contributed by atoms with Gasteiger partial charge in [0.1, 0.15) is 15.5 Å². The molecule has 0 saturated carbocycles. The molecule has 2 aromatic heterocycles. The number of thiophene rings is 1. The number of rotatable bonds is 7. The molecule has 0 unspecified atom stereocenters. The Kier molecular flexibility index (Phi) is 6.40. The van der Waals surface area contributed by atoms with Crippen LogP contribution in [0.4, 0.5) is 0 Å². The normalized spacial score (nSPS) is 12.0. The number of hydrogen-bond acceptors (Lipinski definition) is 8. The lowest BCUT2D eigenvalue weighted by Gasteiger charge is -2.13. The Morgan fingerprint density at radius 1 is 1.21 bits per heavy atom. The quantitative estimate of drug-likeness (QED) is 0.570. The number of carbonyl (C=O) groups is 2. The summed E-state index contributed by atoms with van der Waals surface area (Å²) in [6.07, 6.45) is -0.214. The van der Waals surface area contributed by atoms with Gasteiger partial charge in [-0.1, -0.05) is 30.3 Å². The van der Waals surface area contributed by atoms with E-state index in [0.717, 1.165) is 16.9 Å². The number of nitrogens with zero attached hydrogens (tertiary/aromatic N) is 1. The van der Waals surface area contributed by atoms with E-state index in [1.54, 1.807) is 0 Å². The van der Waals surface area contributed by atoms with E-state index in [1.807, 2.05) is 37.3 Å². The second kappa shape index (κ2) is 8.97. The summed E-state index contributed by atoms with van der Waals surface area (Å²) in [7, 11) is 2.49. The summed E-state index contributed by atoms with van der Waals surface area (Å²) in [5.41, 5.74) is 0.972. The lowest BCUT2D eigenvalue weighted by Crippen LogP contribution is -2.22. The Labute approximate surface area is 170 Å². The third kappa shape index (κ3) is 4.52. The third-order valence-corrected chi connectivity index (χ3v) is 5.61. The fraction of sp³-hybridized carbons (Fsp3) is 0.300. The molecule has 2 N–H and O–H groups in total. The maximum atomic E-state index is 12.7. The van der Waals surface area contributed by atoms with Crippen molar-refractivity contribution in [3.8, 4) is 0 Å². The summed E-state index contributed by atoms with van der Waals surface area (Å²) in [5.74, 6) is -0.743. The molecule has 0 saturated heterocycles. The van der Waals surface area contributed by atoms with Gasteiger partial charge in [-0.2, -0.15) is 0 Å². The zero-order valence-electron chi connectivity index (χ0n) is 16.3. The number of methoxy groups -OCH3 is 2. The Morgan fingerprint density at radius 2 is 1.93 bits per heavy atom. The van der Waals surface area contributed by atoms with Crippen molar-refractivity contribution in [3.63, 3.8) is 0 Å². The molecule has 3 rings (SSSR count). The van der Waals surface area contributed by atoms with Crippen LogP contribution in [-0.2, 0) is 27.2 Å². The van der Waals surface area contributed by atoms with E-state index in [4.69, 9.17) is 4.74 Å². The fourth-order valence-electron chi connectivity index (χ4n) is 2.94. The smallest absolute Gasteiger partial charge is 0.348 e. The molecule has 8 nitrogen and oxygen atoms in total. The van der Waals surface area contributed by atoms with E-state index in [2.05, 4.69) is 20.0 Å². The number of fused-ring (bicyclic) bond motifs is 1. The number of nitrogens with one attached hydrogen (secondary N) is 2. The van der Waals surface area contributed by atoms with Crippen molar-refractivity contribution in [2.75, 3.05) is 14.2 Å². The van der Waals surface area contributed by atoms with E-state index in [1.165, 1.54) is 14.2 Å². The van der Waals surface area contributed by atoms with Crippen molar-refractivity contribution >= 4 is 33.5 Å². The molecule has 0 aliphatic rings. The first-order valence-electron chi connectivity index (χ1n) is 8.92. The molecule has 0 radical (unpaired) electrons. The van der Waals surface area contributed by atoms with Crippen LogP contribution in [0, 0.1) is 0 Å². The first-order valence-corrected chi connectivity index (χ1v) is 9.74. The zero-order chi connectivity index (χ0) is 21.0. The summed E-state index contributed by atoms with van der Waals surface area (Å²) in [6, 6.07) is 9.95. The van der Waals surface area contributed by atoms with Gasteiger partial charge in [-0.3, -0.25) is 9.59 Å². The minimum absolute atomic E-state index is 0.0565. The Balaban J connectivity index is 1.93. The van der Waals surface area contributed by atoms with Crippen molar-refractivity contribution in [2.24, 2.45) is 0 Å². The predicted octanol–water partition coefficient (Wildman–Crippen LogP) is 2.34. The minimum Gasteiger partial charge on any atom is -0.469 e. The number of hydrogen-bond donors (Lipinski definition) is 2. The number of carbonyl (C=O) groups excluding carboxylic acids is 2. The lowest BCUT2D eigenvalue weighted by atomic mass is 10.1. The largest absolute Gasteiger partial charge is 0.469 e. The maximum Gasteiger partial charge on any atom is 0.348 e. The molecule has 29 heavy (non-hydrogen) atoms. The molecule has 2 heterocycles. The minimum atomic E-state index is -0.622. The van der Waals surface area contributed by atoms with E-state index in [9.17, 15) is 14.4 Å². The van der Waals surface area contributed by atoms with E-state index >= 15 is 0 Å². The van der Waals surface area contributed by atoms with Gasteiger partial charge in [0.25, 0.3) is 5.56 Å². The molecular weight excluding hydrogens is 394 g/mol. The van der Waals surface area contributed by atoms with Crippen molar-refractivity contribution in [1.29, 1.82) is 0 Å². The zero-order valence-corrected chi connectivity index (χ0v) is 17.1. The number of H-pyrrole nitrogens is 1. The van der Waals surface area contributed by atoms with Crippen molar-refractivity contribution < 1.29 is 19.1 Å². The molecule has 9 heteroatoms. The van der Waals surface area contributed by atoms with Gasteiger partial charge in [0.2, 0.25) is 0 Å². The Bertz CT molecular complexity index is 1090. The van der Waals surface area contributed by atoms with Crippen LogP contribution in [0.1, 0.15) is 39.6 Å². The number of esters is 2. The lowest BCUT2D eigenvalue weighted by molar-refractivity contribution is -0.139. The van der Waals surface area contributed by atoms with Gasteiger partial charge in [0.15, 0.2) is 0 Å². The topological polar surface area (TPSA) is 110 Å². The summed E-state index contributed by atoms with van der Waals surface area (Å²) < 4.78 is 9.47. The Morgan fingerprint density at radius 3 is 2.59 bits per heavy atom. The SMILES string of the molecule is COC(=O)Cc1c(C(=O)OC)sc2nc(CN[C@@H](C)c3ccccc3)[nH]c(=O)c12. The van der Waals surface area contributed by atoms with Gasteiger partial charge < -0.3 is 19.8 Å². The van der Waals surface area contributed by atoms with Crippen LogP contribution >= 0.6 is 11.3 Å². The van der Waals surface area contributed by atoms with Crippen LogP contribution in [0.15, 0.2) is 35.1 Å². The highest BCUT2D eigenvalue weighted by Gasteiger charge is 2.24. The van der Waals surface area contributed by atoms with E-state index in [-0.39, 0.29) is 28.3 Å². The van der Waals surface area contributed by atoms with Gasteiger partial charge in [-0.05, 0) is 12.5 Å². The monoisotopic (exact) mass is 415 g/mol. The highest BCUT2D eigenvalue weighted by atomic mass is 32.1. The van der Waals surface area contributed by atoms with Crippen LogP contribution in [0.2, 0.25) is 0 Å². The molecule has 0 aliphatic carbocycles. The summed E-state index contributed by atoms with van der Waals surface area (Å²) >= 11 is 1.03. The molecule has 0 spiro atoms. The maximum absolute atomic E-state index is 12.7. The van der Waals surface area contributed by atoms with Crippen LogP contribution < -0.4 is 10.9 Å². The van der Waals surface area contributed by atoms with Crippen molar-refractivity contribution in [2.45, 2.75) is 25.9 Å². The molecule has 0 fully saturated rings. The molecule has 3 aromatic rings. The average molecular weight is 415 g/mol. The van der Waals surface area contributed by atoms with Crippen molar-refractivity contribution in [3.05, 3.63) is 62.5 Å². The summed E-state index contributed by atoms with van der Waals surface area (Å²) in [5, 5.41) is 3.52. The van der Waals surface area contributed by atoms with Crippen LogP contribution in [0.3, 0.4) is 0 Å². The van der Waals surface area contributed by atoms with Gasteiger partial charge >= 0.3 is 11.9 Å². The first kappa shape index (κ1) is 20.7. The molecule has 1 atom stereocenters. The van der Waals surface area contributed by atoms with Crippen molar-refractivity contribution in [1.82, 2.24) is 15.3 Å². The van der Waals surface area contributed by atoms with E-state index < -0.39 is 17.5 Å². The number of aromatic nitrogens is 2. The highest BCUT2D eigenvalue weighted by molar-refractivity contribution is 7.20. The van der Waals surface area contributed by atoms with Gasteiger partial charge in [0, 0.05) is 11.6 Å². The second-order valence-corrected chi connectivity index (χ2v) is 7.36. The number of aromatic amines is 1. The van der Waals surface area contributed by atoms with E-state index in [0.29, 0.717) is 17.2 Å². The fourth-order valence-corrected chi connectivity index (χ4v) is 4.08. The summed E-state index contributed by atoms with van der Waals surface area (Å²) in [4.78, 5) is 44.4. The number of ether oxygens (including phenoxy) is 2. The number of benzene rings is 1. The molecule has 152 valence electrons. The third-order valence-electron chi connectivity index (χ3n) is 4.50. The molecule has 0 aliphatic heterocycles. The second-order valence-electron chi connectivity index (χ2n) is 6.36. The Hall–Kier alpha value is -3.04. The van der Waals surface area contributed by atoms with Gasteiger partial charge in [-0.15, -0.1) is 11.3 Å². The van der Waals surface area contributed by atoms with Crippen LogP contribution in [0.25, 0.3) is 10.2 Å². The van der Waals surface area contributed by atoms with Crippen LogP contribution in [-0.4, -0.2) is 36.1 Å². The van der Waals surface area contributed by atoms with Gasteiger partial charge in [-0.25, -0.2) is 9.78 Å². The van der Waals surface area contributed by atoms with Crippen LogP contribution in [0.5, 0.6) is 0 Å². The predicted molar refractivity (Wildman–Crippen MR) is 109 cm³/mol.